The van der Waals surface area contributed by atoms with Crippen molar-refractivity contribution in [2.45, 2.75) is 39.2 Å². The number of ketones is 1. The van der Waals surface area contributed by atoms with Gasteiger partial charge in [-0.05, 0) is 42.7 Å². The molecule has 3 rings (SSSR count). The van der Waals surface area contributed by atoms with Crippen LogP contribution in [0, 0.1) is 10.1 Å². The fourth-order valence-corrected chi connectivity index (χ4v) is 3.68. The van der Waals surface area contributed by atoms with Gasteiger partial charge in [0, 0.05) is 24.2 Å². The Morgan fingerprint density at radius 1 is 1.12 bits per heavy atom. The molecule has 0 bridgehead atoms. The Kier molecular flexibility index (Phi) is 7.25. The van der Waals surface area contributed by atoms with E-state index in [-0.39, 0.29) is 22.6 Å². The zero-order valence-corrected chi connectivity index (χ0v) is 18.1. The van der Waals surface area contributed by atoms with Gasteiger partial charge < -0.3 is 14.7 Å². The van der Waals surface area contributed by atoms with E-state index in [0.29, 0.717) is 30.9 Å². The average Bonchev–Trinajstić information content (AvgIpc) is 3.06. The number of likely N-dealkylation sites (tertiary alicyclic amines) is 1. The number of carbonyl (C=O) groups excluding carboxylic acids is 2. The topological polar surface area (TPSA) is 110 Å². The average molecular weight is 438 g/mol. The second-order valence-electron chi connectivity index (χ2n) is 7.57. The number of amides is 1. The van der Waals surface area contributed by atoms with Crippen LogP contribution in [0.15, 0.2) is 54.1 Å². The quantitative estimate of drug-likeness (QED) is 0.201. The monoisotopic (exact) mass is 438 g/mol. The molecule has 168 valence electrons. The summed E-state index contributed by atoms with van der Waals surface area (Å²) in [5.74, 6) is -1.20. The number of rotatable bonds is 9. The molecule has 32 heavy (non-hydrogen) atoms. The third-order valence-electron chi connectivity index (χ3n) is 5.29. The zero-order valence-electron chi connectivity index (χ0n) is 18.1. The van der Waals surface area contributed by atoms with Crippen LogP contribution in [0.5, 0.6) is 5.75 Å². The van der Waals surface area contributed by atoms with Crippen LogP contribution < -0.4 is 4.74 Å². The van der Waals surface area contributed by atoms with Gasteiger partial charge in [0.1, 0.15) is 11.5 Å². The minimum Gasteiger partial charge on any atom is -0.507 e. The molecular weight excluding hydrogens is 412 g/mol. The fraction of sp³-hybridized carbons (Fsp3) is 0.333. The molecule has 1 amide bonds. The summed E-state index contributed by atoms with van der Waals surface area (Å²) in [5, 5.41) is 21.9. The highest BCUT2D eigenvalue weighted by Crippen LogP contribution is 2.40. The van der Waals surface area contributed by atoms with E-state index in [1.807, 2.05) is 13.8 Å². The van der Waals surface area contributed by atoms with Crippen LogP contribution in [-0.4, -0.2) is 39.8 Å². The second kappa shape index (κ2) is 10.1. The summed E-state index contributed by atoms with van der Waals surface area (Å²) in [6.45, 7) is 4.88. The maximum absolute atomic E-state index is 13.0. The summed E-state index contributed by atoms with van der Waals surface area (Å²) >= 11 is 0. The molecule has 2 aromatic carbocycles. The van der Waals surface area contributed by atoms with E-state index in [9.17, 15) is 24.8 Å². The molecule has 0 aromatic heterocycles. The molecule has 1 aliphatic heterocycles. The van der Waals surface area contributed by atoms with Crippen LogP contribution in [0.1, 0.15) is 50.3 Å². The van der Waals surface area contributed by atoms with E-state index < -0.39 is 22.7 Å². The number of nitro benzene ring substituents is 1. The predicted octanol–water partition coefficient (Wildman–Crippen LogP) is 4.61. The minimum atomic E-state index is -0.776. The molecule has 8 nitrogen and oxygen atoms in total. The first-order chi connectivity index (χ1) is 15.4. The molecule has 1 saturated heterocycles. The summed E-state index contributed by atoms with van der Waals surface area (Å²) in [7, 11) is 0. The van der Waals surface area contributed by atoms with E-state index >= 15 is 0 Å². The van der Waals surface area contributed by atoms with Crippen molar-refractivity contribution >= 4 is 23.1 Å². The molecule has 0 aliphatic carbocycles. The molecule has 1 heterocycles. The van der Waals surface area contributed by atoms with Crippen molar-refractivity contribution < 1.29 is 24.4 Å². The maximum Gasteiger partial charge on any atom is 0.295 e. The van der Waals surface area contributed by atoms with E-state index in [0.717, 1.165) is 12.8 Å². The lowest BCUT2D eigenvalue weighted by Crippen LogP contribution is -2.30. The number of nitrogens with zero attached hydrogens (tertiary/aromatic N) is 2. The van der Waals surface area contributed by atoms with Crippen molar-refractivity contribution in [3.8, 4) is 5.75 Å². The molecule has 1 N–H and O–H groups in total. The third kappa shape index (κ3) is 4.64. The van der Waals surface area contributed by atoms with Crippen molar-refractivity contribution in [1.82, 2.24) is 4.90 Å². The van der Waals surface area contributed by atoms with Crippen molar-refractivity contribution in [3.05, 3.63) is 75.3 Å². The lowest BCUT2D eigenvalue weighted by atomic mass is 9.95. The van der Waals surface area contributed by atoms with Crippen molar-refractivity contribution in [1.29, 1.82) is 0 Å². The molecule has 1 atom stereocenters. The number of hydrogen-bond acceptors (Lipinski definition) is 6. The number of aliphatic hydroxyl groups is 1. The molecule has 0 spiro atoms. The first-order valence-electron chi connectivity index (χ1n) is 10.6. The lowest BCUT2D eigenvalue weighted by Gasteiger charge is -2.25. The summed E-state index contributed by atoms with van der Waals surface area (Å²) < 4.78 is 5.71. The first kappa shape index (κ1) is 23.0. The van der Waals surface area contributed by atoms with Gasteiger partial charge in [-0.1, -0.05) is 32.4 Å². The van der Waals surface area contributed by atoms with Crippen LogP contribution in [-0.2, 0) is 9.59 Å². The number of unbranched alkanes of at least 4 members (excludes halogenated alkanes) is 1. The van der Waals surface area contributed by atoms with E-state index in [4.69, 9.17) is 4.74 Å². The van der Waals surface area contributed by atoms with Crippen LogP contribution >= 0.6 is 0 Å². The number of carbonyl (C=O) groups is 2. The van der Waals surface area contributed by atoms with Crippen molar-refractivity contribution in [3.63, 3.8) is 0 Å². The van der Waals surface area contributed by atoms with Crippen molar-refractivity contribution in [2.75, 3.05) is 13.2 Å². The smallest absolute Gasteiger partial charge is 0.295 e. The van der Waals surface area contributed by atoms with Gasteiger partial charge in [0.25, 0.3) is 17.4 Å². The molecular formula is C24H26N2O6. The Bertz CT molecular complexity index is 1040. The van der Waals surface area contributed by atoms with E-state index in [1.54, 1.807) is 24.3 Å². The zero-order chi connectivity index (χ0) is 23.3. The molecule has 1 unspecified atom stereocenters. The van der Waals surface area contributed by atoms with Gasteiger partial charge in [-0.15, -0.1) is 0 Å². The van der Waals surface area contributed by atoms with Gasteiger partial charge in [-0.3, -0.25) is 19.7 Å². The maximum atomic E-state index is 13.0. The number of aliphatic hydroxyl groups excluding tert-OH is 1. The Labute approximate surface area is 186 Å². The first-order valence-corrected chi connectivity index (χ1v) is 10.6. The number of non-ortho nitro benzene ring substituents is 1. The molecule has 1 aliphatic rings. The molecule has 0 saturated carbocycles. The van der Waals surface area contributed by atoms with Crippen LogP contribution in [0.3, 0.4) is 0 Å². The largest absolute Gasteiger partial charge is 0.507 e. The molecule has 2 aromatic rings. The Hall–Kier alpha value is -3.68. The normalized spacial score (nSPS) is 17.6. The van der Waals surface area contributed by atoms with Gasteiger partial charge in [-0.2, -0.15) is 0 Å². The molecule has 0 radical (unpaired) electrons. The van der Waals surface area contributed by atoms with Crippen molar-refractivity contribution in [2.24, 2.45) is 0 Å². The number of benzene rings is 2. The van der Waals surface area contributed by atoms with Crippen LogP contribution in [0.4, 0.5) is 5.69 Å². The molecule has 1 fully saturated rings. The van der Waals surface area contributed by atoms with Crippen LogP contribution in [0.25, 0.3) is 5.76 Å². The predicted molar refractivity (Wildman–Crippen MR) is 119 cm³/mol. The number of nitro groups is 1. The van der Waals surface area contributed by atoms with E-state index in [2.05, 4.69) is 0 Å². The number of Topliss-reactive ketones (excluding diaryl/α,β-unsaturated/α-hetero) is 1. The summed E-state index contributed by atoms with van der Waals surface area (Å²) in [4.78, 5) is 37.7. The Balaban J connectivity index is 2.11. The second-order valence-corrected chi connectivity index (χ2v) is 7.57. The van der Waals surface area contributed by atoms with Gasteiger partial charge in [0.05, 0.1) is 23.1 Å². The van der Waals surface area contributed by atoms with E-state index in [1.165, 1.54) is 29.2 Å². The SMILES string of the molecule is CCCCN1C(=O)C(=O)/C(=C(/O)c2ccc([N+](=O)[O-])cc2)C1c1cccc(OCCC)c1. The third-order valence-corrected chi connectivity index (χ3v) is 5.29. The Morgan fingerprint density at radius 3 is 2.47 bits per heavy atom. The number of ether oxygens (including phenoxy) is 1. The Morgan fingerprint density at radius 2 is 1.84 bits per heavy atom. The standard InChI is InChI=1S/C24H26N2O6/c1-3-5-13-25-21(17-7-6-8-19(15-17)32-14-4-2)20(23(28)24(25)29)22(27)16-9-11-18(12-10-16)26(30)31/h6-12,15,21,27H,3-5,13-14H2,1-2H3/b22-20+. The molecule has 8 heteroatoms. The summed E-state index contributed by atoms with van der Waals surface area (Å²) in [6, 6.07) is 11.6. The van der Waals surface area contributed by atoms with Gasteiger partial charge >= 0.3 is 0 Å². The lowest BCUT2D eigenvalue weighted by molar-refractivity contribution is -0.384. The van der Waals surface area contributed by atoms with Crippen LogP contribution in [0.2, 0.25) is 0 Å². The summed E-state index contributed by atoms with van der Waals surface area (Å²) in [5.41, 5.74) is 0.708. The number of hydrogen-bond donors (Lipinski definition) is 1. The highest BCUT2D eigenvalue weighted by molar-refractivity contribution is 6.46. The highest BCUT2D eigenvalue weighted by Gasteiger charge is 2.45. The van der Waals surface area contributed by atoms with Gasteiger partial charge in [0.2, 0.25) is 0 Å². The highest BCUT2D eigenvalue weighted by atomic mass is 16.6. The van der Waals surface area contributed by atoms with Gasteiger partial charge in [0.15, 0.2) is 0 Å². The fourth-order valence-electron chi connectivity index (χ4n) is 3.68. The van der Waals surface area contributed by atoms with Gasteiger partial charge in [-0.25, -0.2) is 0 Å². The summed E-state index contributed by atoms with van der Waals surface area (Å²) in [6.07, 6.45) is 2.37. The minimum absolute atomic E-state index is 0.0346.